The van der Waals surface area contributed by atoms with Crippen LogP contribution in [0, 0.1) is 47.3 Å². The molecular formula is C36H68N4O4. The van der Waals surface area contributed by atoms with E-state index in [1.807, 2.05) is 0 Å². The van der Waals surface area contributed by atoms with E-state index in [4.69, 9.17) is 0 Å². The van der Waals surface area contributed by atoms with Crippen LogP contribution in [0.1, 0.15) is 130 Å². The zero-order valence-electron chi connectivity index (χ0n) is 29.6. The van der Waals surface area contributed by atoms with E-state index in [9.17, 15) is 19.2 Å². The van der Waals surface area contributed by atoms with Crippen molar-refractivity contribution in [2.75, 3.05) is 28.2 Å². The molecule has 4 rings (SSSR count). The molecule has 0 heterocycles. The number of carbonyl (C=O) groups is 4. The van der Waals surface area contributed by atoms with Gasteiger partial charge in [0.25, 0.3) is 0 Å². The Morgan fingerprint density at radius 1 is 0.318 bits per heavy atom. The number of hydrogen-bond donors (Lipinski definition) is 4. The SMILES string of the molecule is CNC(=O)C1CCC(C)CC1.CNC(=O)C1CCC(C)CC1.CNC(=O)C1CCC(C)CC1.CNC(=O)C1CCC(C)CC1. The number of nitrogens with one attached hydrogen (secondary N) is 4. The fourth-order valence-corrected chi connectivity index (χ4v) is 6.91. The number of carbonyl (C=O) groups excluding carboxylic acids is 4. The molecule has 0 atom stereocenters. The van der Waals surface area contributed by atoms with Crippen LogP contribution in [0.3, 0.4) is 0 Å². The molecule has 8 heteroatoms. The lowest BCUT2D eigenvalue weighted by Crippen LogP contribution is -2.30. The summed E-state index contributed by atoms with van der Waals surface area (Å²) < 4.78 is 0. The molecule has 0 bridgehead atoms. The van der Waals surface area contributed by atoms with Crippen molar-refractivity contribution in [2.45, 2.75) is 130 Å². The summed E-state index contributed by atoms with van der Waals surface area (Å²) in [7, 11) is 6.89. The van der Waals surface area contributed by atoms with Crippen LogP contribution in [-0.2, 0) is 19.2 Å². The van der Waals surface area contributed by atoms with E-state index in [0.29, 0.717) is 23.7 Å². The highest BCUT2D eigenvalue weighted by Gasteiger charge is 2.25. The summed E-state index contributed by atoms with van der Waals surface area (Å²) in [6.45, 7) is 9.06. The first-order valence-corrected chi connectivity index (χ1v) is 17.8. The van der Waals surface area contributed by atoms with Crippen molar-refractivity contribution in [1.82, 2.24) is 21.3 Å². The van der Waals surface area contributed by atoms with Gasteiger partial charge < -0.3 is 21.3 Å². The zero-order chi connectivity index (χ0) is 33.1. The van der Waals surface area contributed by atoms with E-state index in [1.165, 1.54) is 51.4 Å². The molecule has 4 aliphatic rings. The second-order valence-electron chi connectivity index (χ2n) is 14.3. The molecule has 0 aromatic heterocycles. The van der Waals surface area contributed by atoms with Gasteiger partial charge in [-0.1, -0.05) is 27.7 Å². The molecule has 0 unspecified atom stereocenters. The topological polar surface area (TPSA) is 116 Å². The Balaban J connectivity index is 0.000000293. The van der Waals surface area contributed by atoms with Gasteiger partial charge in [-0.2, -0.15) is 0 Å². The van der Waals surface area contributed by atoms with E-state index in [0.717, 1.165) is 75.0 Å². The minimum Gasteiger partial charge on any atom is -0.359 e. The van der Waals surface area contributed by atoms with Crippen LogP contribution in [0.4, 0.5) is 0 Å². The molecule has 4 N–H and O–H groups in total. The monoisotopic (exact) mass is 621 g/mol. The molecule has 0 aliphatic heterocycles. The lowest BCUT2D eigenvalue weighted by Gasteiger charge is -2.24. The average Bonchev–Trinajstić information content (AvgIpc) is 3.05. The third-order valence-corrected chi connectivity index (χ3v) is 10.5. The minimum atomic E-state index is 0.233. The summed E-state index contributed by atoms with van der Waals surface area (Å²) in [6.07, 6.45) is 18.4. The van der Waals surface area contributed by atoms with Gasteiger partial charge in [0.05, 0.1) is 0 Å². The van der Waals surface area contributed by atoms with Gasteiger partial charge >= 0.3 is 0 Å². The van der Waals surface area contributed by atoms with Crippen molar-refractivity contribution in [1.29, 1.82) is 0 Å². The van der Waals surface area contributed by atoms with Crippen molar-refractivity contribution >= 4 is 23.6 Å². The van der Waals surface area contributed by atoms with E-state index >= 15 is 0 Å². The Morgan fingerprint density at radius 2 is 0.455 bits per heavy atom. The molecule has 0 aromatic carbocycles. The van der Waals surface area contributed by atoms with Gasteiger partial charge in [-0.25, -0.2) is 0 Å². The van der Waals surface area contributed by atoms with Crippen molar-refractivity contribution < 1.29 is 19.2 Å². The number of rotatable bonds is 4. The molecule has 44 heavy (non-hydrogen) atoms. The maximum absolute atomic E-state index is 11.2. The molecule has 0 aromatic rings. The molecular weight excluding hydrogens is 552 g/mol. The smallest absolute Gasteiger partial charge is 0.222 e. The summed E-state index contributed by atoms with van der Waals surface area (Å²) in [5.74, 6) is 5.46. The van der Waals surface area contributed by atoms with Crippen LogP contribution >= 0.6 is 0 Å². The third-order valence-electron chi connectivity index (χ3n) is 10.5. The van der Waals surface area contributed by atoms with Crippen LogP contribution in [0.2, 0.25) is 0 Å². The second-order valence-corrected chi connectivity index (χ2v) is 14.3. The zero-order valence-corrected chi connectivity index (χ0v) is 29.6. The number of hydrogen-bond acceptors (Lipinski definition) is 4. The van der Waals surface area contributed by atoms with Crippen LogP contribution < -0.4 is 21.3 Å². The third kappa shape index (κ3) is 15.7. The average molecular weight is 621 g/mol. The maximum atomic E-state index is 11.2. The van der Waals surface area contributed by atoms with Crippen molar-refractivity contribution in [2.24, 2.45) is 47.3 Å². The predicted octanol–water partition coefficient (Wildman–Crippen LogP) is 6.23. The van der Waals surface area contributed by atoms with Crippen LogP contribution in [0.5, 0.6) is 0 Å². The Labute approximate surface area is 269 Å². The Morgan fingerprint density at radius 3 is 0.568 bits per heavy atom. The minimum absolute atomic E-state index is 0.233. The molecule has 8 nitrogen and oxygen atoms in total. The Hall–Kier alpha value is -2.12. The molecule has 256 valence electrons. The second kappa shape index (κ2) is 22.4. The van der Waals surface area contributed by atoms with Crippen LogP contribution in [-0.4, -0.2) is 51.8 Å². The van der Waals surface area contributed by atoms with Gasteiger partial charge in [-0.3, -0.25) is 19.2 Å². The summed E-state index contributed by atoms with van der Waals surface area (Å²) in [5, 5.41) is 10.8. The first-order chi connectivity index (χ1) is 20.9. The number of amides is 4. The highest BCUT2D eigenvalue weighted by atomic mass is 16.2. The van der Waals surface area contributed by atoms with Gasteiger partial charge in [0, 0.05) is 51.9 Å². The Bertz CT molecular complexity index is 682. The highest BCUT2D eigenvalue weighted by Crippen LogP contribution is 2.30. The van der Waals surface area contributed by atoms with Crippen LogP contribution in [0.25, 0.3) is 0 Å². The quantitative estimate of drug-likeness (QED) is 0.298. The van der Waals surface area contributed by atoms with Gasteiger partial charge in [-0.15, -0.1) is 0 Å². The normalized spacial score (nSPS) is 31.5. The van der Waals surface area contributed by atoms with E-state index in [1.54, 1.807) is 28.2 Å². The molecule has 4 fully saturated rings. The molecule has 0 saturated heterocycles. The van der Waals surface area contributed by atoms with Crippen molar-refractivity contribution in [3.05, 3.63) is 0 Å². The molecule has 4 amide bonds. The summed E-state index contributed by atoms with van der Waals surface area (Å²) >= 11 is 0. The van der Waals surface area contributed by atoms with E-state index in [2.05, 4.69) is 49.0 Å². The molecule has 0 spiro atoms. The van der Waals surface area contributed by atoms with Gasteiger partial charge in [0.15, 0.2) is 0 Å². The molecule has 4 aliphatic carbocycles. The lowest BCUT2D eigenvalue weighted by atomic mass is 9.83. The highest BCUT2D eigenvalue weighted by molar-refractivity contribution is 5.79. The lowest BCUT2D eigenvalue weighted by molar-refractivity contribution is -0.126. The first kappa shape index (κ1) is 39.9. The summed E-state index contributed by atoms with van der Waals surface area (Å²) in [5.41, 5.74) is 0. The van der Waals surface area contributed by atoms with Crippen molar-refractivity contribution in [3.8, 4) is 0 Å². The van der Waals surface area contributed by atoms with E-state index in [-0.39, 0.29) is 23.6 Å². The summed E-state index contributed by atoms with van der Waals surface area (Å²) in [4.78, 5) is 44.6. The van der Waals surface area contributed by atoms with Gasteiger partial charge in [0.1, 0.15) is 0 Å². The fourth-order valence-electron chi connectivity index (χ4n) is 6.91. The van der Waals surface area contributed by atoms with Gasteiger partial charge in [-0.05, 0) is 126 Å². The standard InChI is InChI=1S/4C9H17NO/c4*1-7-3-5-8(6-4-7)9(11)10-2/h4*7-8H,3-6H2,1-2H3,(H,10,11). The molecule has 4 saturated carbocycles. The fraction of sp³-hybridized carbons (Fsp3) is 0.889. The van der Waals surface area contributed by atoms with Crippen molar-refractivity contribution in [3.63, 3.8) is 0 Å². The molecule has 0 radical (unpaired) electrons. The first-order valence-electron chi connectivity index (χ1n) is 17.8. The van der Waals surface area contributed by atoms with Crippen LogP contribution in [0.15, 0.2) is 0 Å². The largest absolute Gasteiger partial charge is 0.359 e. The van der Waals surface area contributed by atoms with Gasteiger partial charge in [0.2, 0.25) is 23.6 Å². The maximum Gasteiger partial charge on any atom is 0.222 e. The Kier molecular flexibility index (Phi) is 20.3. The predicted molar refractivity (Wildman–Crippen MR) is 181 cm³/mol. The summed E-state index contributed by atoms with van der Waals surface area (Å²) in [6, 6.07) is 0. The van der Waals surface area contributed by atoms with E-state index < -0.39 is 0 Å².